The molecule has 0 aromatic heterocycles. The predicted molar refractivity (Wildman–Crippen MR) is 106 cm³/mol. The van der Waals surface area contributed by atoms with Gasteiger partial charge in [-0.05, 0) is 12.1 Å². The van der Waals surface area contributed by atoms with Gasteiger partial charge in [0.1, 0.15) is 29.8 Å². The lowest BCUT2D eigenvalue weighted by Crippen LogP contribution is -2.35. The number of hydrogen-bond donors (Lipinski definition) is 6. The summed E-state index contributed by atoms with van der Waals surface area (Å²) in [5.41, 5.74) is 0.762. The van der Waals surface area contributed by atoms with Gasteiger partial charge < -0.3 is 49.6 Å². The Morgan fingerprint density at radius 3 is 2.52 bits per heavy atom. The Labute approximate surface area is 176 Å². The molecule has 31 heavy (non-hydrogen) atoms. The number of ether oxygens (including phenoxy) is 4. The summed E-state index contributed by atoms with van der Waals surface area (Å²) in [4.78, 5) is 0. The Kier molecular flexibility index (Phi) is 5.54. The highest BCUT2D eigenvalue weighted by molar-refractivity contribution is 5.69. The van der Waals surface area contributed by atoms with E-state index in [1.54, 1.807) is 6.07 Å². The van der Waals surface area contributed by atoms with Crippen LogP contribution in [-0.4, -0.2) is 79.8 Å². The zero-order valence-corrected chi connectivity index (χ0v) is 16.4. The molecule has 7 N–H and O–H groups in total. The molecule has 4 rings (SSSR count). The van der Waals surface area contributed by atoms with E-state index in [2.05, 4.69) is 4.74 Å². The summed E-state index contributed by atoms with van der Waals surface area (Å²) in [6, 6.07) is 4.56. The molecule has 1 aromatic rings. The molecule has 1 aromatic carbocycles. The summed E-state index contributed by atoms with van der Waals surface area (Å²) < 4.78 is 20.8. The van der Waals surface area contributed by atoms with Gasteiger partial charge in [0, 0.05) is 18.2 Å². The second kappa shape index (κ2) is 8.16. The number of fused-ring (bicyclic) bond motifs is 1. The number of aliphatic hydroxyl groups is 7. The van der Waals surface area contributed by atoms with Crippen molar-refractivity contribution >= 4 is 5.76 Å². The highest BCUT2D eigenvalue weighted by Crippen LogP contribution is 2.38. The molecule has 5 atom stereocenters. The molecule has 0 bridgehead atoms. The lowest BCUT2D eigenvalue weighted by atomic mass is 9.97. The monoisotopic (exact) mass is 435 g/mol. The van der Waals surface area contributed by atoms with Crippen molar-refractivity contribution in [2.75, 3.05) is 13.7 Å². The maximum atomic E-state index is 10.2. The fourth-order valence-corrected chi connectivity index (χ4v) is 3.58. The number of aliphatic hydroxyl groups excluding tert-OH is 5. The van der Waals surface area contributed by atoms with Crippen LogP contribution in [0.25, 0.3) is 5.76 Å². The zero-order valence-electron chi connectivity index (χ0n) is 16.4. The molecule has 0 saturated carbocycles. The van der Waals surface area contributed by atoms with Gasteiger partial charge in [0.05, 0.1) is 30.9 Å². The van der Waals surface area contributed by atoms with E-state index in [9.17, 15) is 30.6 Å². The maximum absolute atomic E-state index is 10.2. The normalized spacial score (nSPS) is 30.1. The minimum Gasteiger partial charge on any atom is -0.571 e. The average molecular weight is 435 g/mol. The van der Waals surface area contributed by atoms with E-state index in [1.807, 2.05) is 0 Å². The highest BCUT2D eigenvalue weighted by atomic mass is 16.7. The van der Waals surface area contributed by atoms with E-state index in [-0.39, 0.29) is 34.5 Å². The van der Waals surface area contributed by atoms with Crippen molar-refractivity contribution in [1.29, 1.82) is 0 Å². The minimum absolute atomic E-state index is 0.0837. The molecule has 1 saturated heterocycles. The second-order valence-corrected chi connectivity index (χ2v) is 7.22. The van der Waals surface area contributed by atoms with E-state index >= 15 is 0 Å². The van der Waals surface area contributed by atoms with Crippen LogP contribution in [0.1, 0.15) is 5.56 Å². The number of aromatic hydroxyl groups is 1. The molecule has 10 heteroatoms. The van der Waals surface area contributed by atoms with Gasteiger partial charge in [-0.15, -0.1) is 0 Å². The van der Waals surface area contributed by atoms with Crippen LogP contribution in [0.15, 0.2) is 59.3 Å². The van der Waals surface area contributed by atoms with Crippen LogP contribution in [0.5, 0.6) is 11.5 Å². The number of benzene rings is 1. The van der Waals surface area contributed by atoms with Crippen LogP contribution in [0.4, 0.5) is 0 Å². The highest BCUT2D eigenvalue weighted by Gasteiger charge is 2.45. The SMILES string of the molecule is COc1ccc(C2=C(OC3OC(CO)C(O)C3O)C=C3C(O)=CC(O)=CC3[OH+]2)cc1O. The first-order chi connectivity index (χ1) is 14.8. The van der Waals surface area contributed by atoms with E-state index in [0.29, 0.717) is 11.1 Å². The molecule has 166 valence electrons. The second-order valence-electron chi connectivity index (χ2n) is 7.22. The Hall–Kier alpha value is -3.18. The van der Waals surface area contributed by atoms with Crippen molar-refractivity contribution in [2.45, 2.75) is 30.7 Å². The standard InChI is InChI=1S/C21H22O10/c1-28-14-3-2-9(4-13(14)25)20-16(30-21-19(27)18(26)17(8-22)31-21)7-11-12(24)5-10(23)6-15(11)29-20/h2-7,15,17-19,21-27H,8H2,1H3/p+1. The summed E-state index contributed by atoms with van der Waals surface area (Å²) in [7, 11) is 1.41. The summed E-state index contributed by atoms with van der Waals surface area (Å²) in [5, 5.41) is 59.8. The molecule has 2 aliphatic heterocycles. The number of allylic oxidation sites excluding steroid dienone is 2. The third-order valence-electron chi connectivity index (χ3n) is 5.21. The van der Waals surface area contributed by atoms with Crippen LogP contribution < -0.4 is 4.74 Å². The Morgan fingerprint density at radius 1 is 1.10 bits per heavy atom. The summed E-state index contributed by atoms with van der Waals surface area (Å²) >= 11 is 0. The van der Waals surface area contributed by atoms with Gasteiger partial charge in [-0.1, -0.05) is 0 Å². The van der Waals surface area contributed by atoms with E-state index in [0.717, 1.165) is 6.08 Å². The Balaban J connectivity index is 1.75. The Morgan fingerprint density at radius 2 is 1.87 bits per heavy atom. The molecule has 0 spiro atoms. The van der Waals surface area contributed by atoms with Crippen molar-refractivity contribution in [3.8, 4) is 11.5 Å². The van der Waals surface area contributed by atoms with E-state index in [1.165, 1.54) is 31.4 Å². The van der Waals surface area contributed by atoms with Crippen molar-refractivity contribution < 1.29 is 49.6 Å². The van der Waals surface area contributed by atoms with Crippen LogP contribution in [0, 0.1) is 0 Å². The molecule has 10 nitrogen and oxygen atoms in total. The van der Waals surface area contributed by atoms with Gasteiger partial charge >= 0.3 is 5.76 Å². The van der Waals surface area contributed by atoms with Crippen LogP contribution in [0.2, 0.25) is 0 Å². The molecular formula is C21H23O10+. The summed E-state index contributed by atoms with van der Waals surface area (Å²) in [6.07, 6.45) is -1.80. The molecule has 1 aliphatic carbocycles. The Bertz CT molecular complexity index is 992. The third kappa shape index (κ3) is 3.81. The number of rotatable bonds is 5. The number of methoxy groups -OCH3 is 1. The molecule has 0 amide bonds. The van der Waals surface area contributed by atoms with Gasteiger partial charge in [-0.25, -0.2) is 0 Å². The zero-order chi connectivity index (χ0) is 22.3. The smallest absolute Gasteiger partial charge is 0.305 e. The molecule has 0 radical (unpaired) electrons. The van der Waals surface area contributed by atoms with Crippen LogP contribution in [-0.2, 0) is 9.47 Å². The predicted octanol–water partition coefficient (Wildman–Crippen LogP) is 0.259. The lowest BCUT2D eigenvalue weighted by Gasteiger charge is -2.27. The molecule has 5 unspecified atom stereocenters. The summed E-state index contributed by atoms with van der Waals surface area (Å²) in [5.74, 6) is 0.0528. The number of phenolic OH excluding ortho intramolecular Hbond substituents is 1. The van der Waals surface area contributed by atoms with Gasteiger partial charge in [0.25, 0.3) is 0 Å². The third-order valence-corrected chi connectivity index (χ3v) is 5.21. The quantitative estimate of drug-likeness (QED) is 0.356. The number of hydrogen-bond acceptors (Lipinski definition) is 9. The van der Waals surface area contributed by atoms with Gasteiger partial charge in [0.2, 0.25) is 18.2 Å². The fraction of sp³-hybridized carbons (Fsp3) is 0.333. The average Bonchev–Trinajstić information content (AvgIpc) is 3.01. The van der Waals surface area contributed by atoms with Crippen molar-refractivity contribution in [3.05, 3.63) is 64.8 Å². The largest absolute Gasteiger partial charge is 0.571 e. The minimum atomic E-state index is -1.44. The van der Waals surface area contributed by atoms with Crippen LogP contribution >= 0.6 is 0 Å². The molecule has 2 heterocycles. The topological polar surface area (TPSA) is 162 Å². The summed E-state index contributed by atoms with van der Waals surface area (Å²) in [6.45, 7) is -0.516. The fourth-order valence-electron chi connectivity index (χ4n) is 3.58. The van der Waals surface area contributed by atoms with Crippen LogP contribution in [0.3, 0.4) is 0 Å². The van der Waals surface area contributed by atoms with Gasteiger partial charge in [-0.2, -0.15) is 0 Å². The van der Waals surface area contributed by atoms with Crippen molar-refractivity contribution in [1.82, 2.24) is 0 Å². The van der Waals surface area contributed by atoms with E-state index < -0.39 is 37.3 Å². The first-order valence-corrected chi connectivity index (χ1v) is 9.47. The molecular weight excluding hydrogens is 412 g/mol. The van der Waals surface area contributed by atoms with Gasteiger partial charge in [0.15, 0.2) is 11.5 Å². The number of phenols is 1. The molecule has 1 fully saturated rings. The van der Waals surface area contributed by atoms with E-state index in [4.69, 9.17) is 14.2 Å². The first kappa shape index (κ1) is 21.1. The first-order valence-electron chi connectivity index (χ1n) is 9.47. The van der Waals surface area contributed by atoms with Crippen molar-refractivity contribution in [2.24, 2.45) is 0 Å². The lowest BCUT2D eigenvalue weighted by molar-refractivity contribution is -0.147. The van der Waals surface area contributed by atoms with Crippen molar-refractivity contribution in [3.63, 3.8) is 0 Å². The maximum Gasteiger partial charge on any atom is 0.305 e. The van der Waals surface area contributed by atoms with Gasteiger partial charge in [-0.3, -0.25) is 0 Å². The molecule has 3 aliphatic rings.